The Bertz CT molecular complexity index is 639. The van der Waals surface area contributed by atoms with Crippen LogP contribution in [0.15, 0.2) is 9.85 Å². The van der Waals surface area contributed by atoms with Crippen LogP contribution < -0.4 is 0 Å². The first-order valence-corrected chi connectivity index (χ1v) is 7.28. The van der Waals surface area contributed by atoms with E-state index in [0.29, 0.717) is 3.79 Å². The minimum absolute atomic E-state index is 0.145. The van der Waals surface area contributed by atoms with Gasteiger partial charge in [0.2, 0.25) is 5.82 Å². The van der Waals surface area contributed by atoms with Gasteiger partial charge in [-0.1, -0.05) is 11.6 Å². The predicted molar refractivity (Wildman–Crippen MR) is 71.0 cm³/mol. The molecule has 1 aromatic carbocycles. The Morgan fingerprint density at radius 1 is 0.950 bits per heavy atom. The highest BCUT2D eigenvalue weighted by atomic mass is 79.9. The molecule has 20 heavy (non-hydrogen) atoms. The maximum absolute atomic E-state index is 13.6. The summed E-state index contributed by atoms with van der Waals surface area (Å²) in [4.78, 5) is 0.145. The van der Waals surface area contributed by atoms with Crippen LogP contribution in [-0.4, -0.2) is 0 Å². The van der Waals surface area contributed by atoms with E-state index in [4.69, 9.17) is 23.2 Å². The molecule has 0 aliphatic heterocycles. The van der Waals surface area contributed by atoms with Crippen LogP contribution in [0.2, 0.25) is 5.02 Å². The first-order chi connectivity index (χ1) is 9.25. The molecule has 2 aromatic rings. The van der Waals surface area contributed by atoms with Gasteiger partial charge in [-0.05, 0) is 22.0 Å². The van der Waals surface area contributed by atoms with Crippen LogP contribution in [0.25, 0.3) is 0 Å². The second-order valence-corrected chi connectivity index (χ2v) is 6.86. The van der Waals surface area contributed by atoms with Gasteiger partial charge in [0.05, 0.1) is 19.7 Å². The van der Waals surface area contributed by atoms with E-state index in [2.05, 4.69) is 15.9 Å². The van der Waals surface area contributed by atoms with Crippen molar-refractivity contribution >= 4 is 50.5 Å². The molecule has 0 radical (unpaired) electrons. The summed E-state index contributed by atoms with van der Waals surface area (Å²) in [5, 5.41) is -1.33. The Kier molecular flexibility index (Phi) is 4.63. The molecule has 1 aromatic heterocycles. The molecular formula is C11H2BrCl2F5S. The molecule has 108 valence electrons. The summed E-state index contributed by atoms with van der Waals surface area (Å²) < 4.78 is 66.8. The molecule has 0 nitrogen and oxygen atoms in total. The van der Waals surface area contributed by atoms with Crippen LogP contribution in [-0.2, 0) is 0 Å². The average molecular weight is 412 g/mol. The monoisotopic (exact) mass is 410 g/mol. The minimum atomic E-state index is -2.22. The third-order valence-electron chi connectivity index (χ3n) is 2.41. The lowest BCUT2D eigenvalue weighted by molar-refractivity contribution is 0.371. The summed E-state index contributed by atoms with van der Waals surface area (Å²) in [6, 6.07) is 1.28. The SMILES string of the molecule is Fc1c(F)c(F)c(C(Cl)c2cc(Cl)c(Br)s2)c(F)c1F. The van der Waals surface area contributed by atoms with Crippen molar-refractivity contribution in [3.8, 4) is 0 Å². The van der Waals surface area contributed by atoms with Crippen LogP contribution in [0.4, 0.5) is 22.0 Å². The third kappa shape index (κ3) is 2.56. The molecule has 0 fully saturated rings. The van der Waals surface area contributed by atoms with E-state index in [1.807, 2.05) is 0 Å². The molecule has 0 bridgehead atoms. The van der Waals surface area contributed by atoms with Crippen LogP contribution >= 0.6 is 50.5 Å². The maximum Gasteiger partial charge on any atom is 0.200 e. The molecule has 1 unspecified atom stereocenters. The highest BCUT2D eigenvalue weighted by Gasteiger charge is 2.31. The normalized spacial score (nSPS) is 12.8. The lowest BCUT2D eigenvalue weighted by Gasteiger charge is -2.12. The topological polar surface area (TPSA) is 0 Å². The van der Waals surface area contributed by atoms with Gasteiger partial charge < -0.3 is 0 Å². The van der Waals surface area contributed by atoms with E-state index in [9.17, 15) is 22.0 Å². The van der Waals surface area contributed by atoms with Gasteiger partial charge in [-0.3, -0.25) is 0 Å². The summed E-state index contributed by atoms with van der Waals surface area (Å²) in [6.07, 6.45) is 0. The van der Waals surface area contributed by atoms with Crippen molar-refractivity contribution in [2.75, 3.05) is 0 Å². The summed E-state index contributed by atoms with van der Waals surface area (Å²) >= 11 is 15.6. The van der Waals surface area contributed by atoms with Gasteiger partial charge in [0.1, 0.15) is 0 Å². The molecule has 9 heteroatoms. The van der Waals surface area contributed by atoms with Gasteiger partial charge in [-0.15, -0.1) is 22.9 Å². The number of benzene rings is 1. The standard InChI is InChI=1S/C11H2BrCl2F5S/c12-11-2(13)1-3(20-11)5(14)4-6(15)8(17)10(19)9(18)7(4)16/h1,5H. The van der Waals surface area contributed by atoms with Crippen LogP contribution in [0.3, 0.4) is 0 Å². The zero-order valence-corrected chi connectivity index (χ0v) is 13.0. The highest BCUT2D eigenvalue weighted by Crippen LogP contribution is 2.42. The summed E-state index contributed by atoms with van der Waals surface area (Å²) in [6.45, 7) is 0. The van der Waals surface area contributed by atoms with E-state index >= 15 is 0 Å². The molecule has 0 saturated carbocycles. The molecule has 1 heterocycles. The zero-order chi connectivity index (χ0) is 15.2. The van der Waals surface area contributed by atoms with E-state index in [0.717, 1.165) is 11.3 Å². The van der Waals surface area contributed by atoms with Gasteiger partial charge in [-0.2, -0.15) is 0 Å². The minimum Gasteiger partial charge on any atom is -0.203 e. The van der Waals surface area contributed by atoms with Crippen molar-refractivity contribution in [2.45, 2.75) is 5.38 Å². The zero-order valence-electron chi connectivity index (χ0n) is 9.09. The molecule has 1 atom stereocenters. The lowest BCUT2D eigenvalue weighted by Crippen LogP contribution is -2.09. The maximum atomic E-state index is 13.6. The van der Waals surface area contributed by atoms with Crippen molar-refractivity contribution < 1.29 is 22.0 Å². The molecule has 2 rings (SSSR count). The van der Waals surface area contributed by atoms with Crippen LogP contribution in [0, 0.1) is 29.1 Å². The summed E-state index contributed by atoms with van der Waals surface area (Å²) in [5.41, 5.74) is -1.10. The largest absolute Gasteiger partial charge is 0.203 e. The number of halogens is 8. The van der Waals surface area contributed by atoms with Gasteiger partial charge >= 0.3 is 0 Å². The first kappa shape index (κ1) is 16.0. The lowest BCUT2D eigenvalue weighted by atomic mass is 10.1. The van der Waals surface area contributed by atoms with Crippen molar-refractivity contribution in [2.24, 2.45) is 0 Å². The molecule has 0 N–H and O–H groups in total. The van der Waals surface area contributed by atoms with Gasteiger partial charge in [0, 0.05) is 4.88 Å². The Labute approximate surface area is 132 Å². The van der Waals surface area contributed by atoms with Gasteiger partial charge in [0.15, 0.2) is 23.3 Å². The quantitative estimate of drug-likeness (QED) is 0.239. The smallest absolute Gasteiger partial charge is 0.200 e. The molecular weight excluding hydrogens is 410 g/mol. The van der Waals surface area contributed by atoms with E-state index < -0.39 is 40.0 Å². The molecule has 0 saturated heterocycles. The second-order valence-electron chi connectivity index (χ2n) is 3.62. The highest BCUT2D eigenvalue weighted by molar-refractivity contribution is 9.11. The predicted octanol–water partition coefficient (Wildman–Crippen LogP) is 6.19. The Balaban J connectivity index is 2.63. The molecule has 0 amide bonds. The fourth-order valence-electron chi connectivity index (χ4n) is 1.47. The number of hydrogen-bond acceptors (Lipinski definition) is 1. The van der Waals surface area contributed by atoms with Gasteiger partial charge in [-0.25, -0.2) is 22.0 Å². The van der Waals surface area contributed by atoms with E-state index in [-0.39, 0.29) is 9.90 Å². The Hall–Kier alpha value is -0.370. The van der Waals surface area contributed by atoms with Crippen LogP contribution in [0.1, 0.15) is 15.8 Å². The fourth-order valence-corrected chi connectivity index (χ4v) is 3.60. The molecule has 0 spiro atoms. The van der Waals surface area contributed by atoms with Crippen LogP contribution in [0.5, 0.6) is 0 Å². The fraction of sp³-hybridized carbons (Fsp3) is 0.0909. The number of thiophene rings is 1. The van der Waals surface area contributed by atoms with E-state index in [1.165, 1.54) is 6.07 Å². The number of alkyl halides is 1. The Morgan fingerprint density at radius 3 is 1.80 bits per heavy atom. The average Bonchev–Trinajstić information content (AvgIpc) is 2.74. The van der Waals surface area contributed by atoms with Crippen molar-refractivity contribution in [3.63, 3.8) is 0 Å². The van der Waals surface area contributed by atoms with E-state index in [1.54, 1.807) is 0 Å². The van der Waals surface area contributed by atoms with Gasteiger partial charge in [0.25, 0.3) is 0 Å². The van der Waals surface area contributed by atoms with Crippen molar-refractivity contribution in [1.82, 2.24) is 0 Å². The number of hydrogen-bond donors (Lipinski definition) is 0. The van der Waals surface area contributed by atoms with Crippen molar-refractivity contribution in [1.29, 1.82) is 0 Å². The Morgan fingerprint density at radius 2 is 1.40 bits per heavy atom. The number of rotatable bonds is 2. The first-order valence-electron chi connectivity index (χ1n) is 4.85. The summed E-state index contributed by atoms with van der Waals surface area (Å²) in [7, 11) is 0. The third-order valence-corrected chi connectivity index (χ3v) is 5.53. The summed E-state index contributed by atoms with van der Waals surface area (Å²) in [5.74, 6) is -10.2. The second kappa shape index (κ2) is 5.79. The molecule has 0 aliphatic carbocycles. The molecule has 0 aliphatic rings. The van der Waals surface area contributed by atoms with Crippen molar-refractivity contribution in [3.05, 3.63) is 54.4 Å².